The molecule has 4 aromatic rings. The van der Waals surface area contributed by atoms with Gasteiger partial charge in [-0.05, 0) is 67.0 Å². The SMILES string of the molecule is Cc1cc(C)c(C)c(-c2cc3ccc(-c4ccc(C(C)C)cn4)cc3c[n+]2C)c1. The van der Waals surface area contributed by atoms with Crippen LogP contribution in [0.25, 0.3) is 33.3 Å². The van der Waals surface area contributed by atoms with Crippen molar-refractivity contribution in [1.82, 2.24) is 4.98 Å². The average Bonchev–Trinajstić information content (AvgIpc) is 2.70. The molecule has 0 amide bonds. The van der Waals surface area contributed by atoms with Crippen LogP contribution in [0.4, 0.5) is 0 Å². The molecule has 0 spiro atoms. The van der Waals surface area contributed by atoms with Gasteiger partial charge in [-0.15, -0.1) is 0 Å². The molecule has 0 atom stereocenters. The van der Waals surface area contributed by atoms with Crippen LogP contribution in [0.15, 0.2) is 60.9 Å². The van der Waals surface area contributed by atoms with Crippen LogP contribution in [-0.4, -0.2) is 4.98 Å². The molecule has 4 rings (SSSR count). The molecule has 2 heterocycles. The Balaban J connectivity index is 1.80. The summed E-state index contributed by atoms with van der Waals surface area (Å²) in [4.78, 5) is 4.69. The minimum absolute atomic E-state index is 0.499. The Hall–Kier alpha value is -3.00. The lowest BCUT2D eigenvalue weighted by molar-refractivity contribution is -0.659. The second kappa shape index (κ2) is 7.44. The van der Waals surface area contributed by atoms with E-state index in [4.69, 9.17) is 0 Å². The molecule has 0 saturated heterocycles. The van der Waals surface area contributed by atoms with Crippen LogP contribution >= 0.6 is 0 Å². The number of rotatable bonds is 3. The molecule has 0 radical (unpaired) electrons. The molecule has 0 fully saturated rings. The van der Waals surface area contributed by atoms with Crippen molar-refractivity contribution in [3.05, 3.63) is 83.2 Å². The monoisotopic (exact) mass is 381 g/mol. The third kappa shape index (κ3) is 3.67. The van der Waals surface area contributed by atoms with Crippen molar-refractivity contribution in [1.29, 1.82) is 0 Å². The van der Waals surface area contributed by atoms with Gasteiger partial charge in [-0.3, -0.25) is 4.98 Å². The van der Waals surface area contributed by atoms with Crippen molar-refractivity contribution in [3.63, 3.8) is 0 Å². The van der Waals surface area contributed by atoms with Gasteiger partial charge in [0.05, 0.1) is 5.69 Å². The molecule has 2 heteroatoms. The molecule has 2 aromatic carbocycles. The fraction of sp³-hybridized carbons (Fsp3) is 0.259. The molecule has 0 unspecified atom stereocenters. The summed E-state index contributed by atoms with van der Waals surface area (Å²) in [5, 5.41) is 2.48. The average molecular weight is 382 g/mol. The third-order valence-electron chi connectivity index (χ3n) is 5.93. The van der Waals surface area contributed by atoms with Gasteiger partial charge in [0.1, 0.15) is 7.05 Å². The smallest absolute Gasteiger partial charge is 0.213 e. The van der Waals surface area contributed by atoms with Crippen LogP contribution in [0.2, 0.25) is 0 Å². The minimum atomic E-state index is 0.499. The quantitative estimate of drug-likeness (QED) is 0.373. The zero-order valence-electron chi connectivity index (χ0n) is 18.2. The van der Waals surface area contributed by atoms with Crippen molar-refractivity contribution < 1.29 is 4.57 Å². The second-order valence-corrected chi connectivity index (χ2v) is 8.50. The Morgan fingerprint density at radius 2 is 1.66 bits per heavy atom. The predicted molar refractivity (Wildman–Crippen MR) is 122 cm³/mol. The maximum absolute atomic E-state index is 4.69. The Kier molecular flexibility index (Phi) is 4.96. The lowest BCUT2D eigenvalue weighted by atomic mass is 9.96. The number of aryl methyl sites for hydroxylation is 3. The Labute approximate surface area is 173 Å². The molecule has 146 valence electrons. The number of benzene rings is 2. The first-order chi connectivity index (χ1) is 13.8. The van der Waals surface area contributed by atoms with Gasteiger partial charge in [-0.2, -0.15) is 0 Å². The van der Waals surface area contributed by atoms with E-state index < -0.39 is 0 Å². The summed E-state index contributed by atoms with van der Waals surface area (Å²) in [5.41, 5.74) is 9.99. The fourth-order valence-electron chi connectivity index (χ4n) is 4.00. The number of fused-ring (bicyclic) bond motifs is 1. The first-order valence-corrected chi connectivity index (χ1v) is 10.3. The van der Waals surface area contributed by atoms with Crippen molar-refractivity contribution in [2.45, 2.75) is 40.5 Å². The van der Waals surface area contributed by atoms with E-state index >= 15 is 0 Å². The molecule has 2 nitrogen and oxygen atoms in total. The lowest BCUT2D eigenvalue weighted by Crippen LogP contribution is -2.30. The number of pyridine rings is 2. The van der Waals surface area contributed by atoms with Gasteiger partial charge >= 0.3 is 0 Å². The summed E-state index contributed by atoms with van der Waals surface area (Å²) >= 11 is 0. The number of hydrogen-bond acceptors (Lipinski definition) is 1. The van der Waals surface area contributed by atoms with Gasteiger partial charge in [0.15, 0.2) is 6.20 Å². The number of aromatic nitrogens is 2. The van der Waals surface area contributed by atoms with Crippen LogP contribution in [0.1, 0.15) is 42.0 Å². The van der Waals surface area contributed by atoms with Crippen molar-refractivity contribution >= 4 is 10.8 Å². The van der Waals surface area contributed by atoms with Crippen molar-refractivity contribution in [2.24, 2.45) is 7.05 Å². The largest absolute Gasteiger partial charge is 0.256 e. The lowest BCUT2D eigenvalue weighted by Gasteiger charge is -2.11. The van der Waals surface area contributed by atoms with E-state index in [1.54, 1.807) is 0 Å². The molecule has 0 bridgehead atoms. The number of nitrogens with zero attached hydrogens (tertiary/aromatic N) is 2. The van der Waals surface area contributed by atoms with Crippen LogP contribution in [-0.2, 0) is 7.05 Å². The normalized spacial score (nSPS) is 11.4. The maximum atomic E-state index is 4.69. The van der Waals surface area contributed by atoms with Gasteiger partial charge in [0.2, 0.25) is 5.69 Å². The zero-order chi connectivity index (χ0) is 20.7. The summed E-state index contributed by atoms with van der Waals surface area (Å²) in [6.45, 7) is 11.0. The highest BCUT2D eigenvalue weighted by molar-refractivity contribution is 5.88. The van der Waals surface area contributed by atoms with Crippen molar-refractivity contribution in [2.75, 3.05) is 0 Å². The molecule has 0 aliphatic rings. The molecule has 2 aromatic heterocycles. The van der Waals surface area contributed by atoms with E-state index in [2.05, 4.69) is 106 Å². The summed E-state index contributed by atoms with van der Waals surface area (Å²) < 4.78 is 2.24. The standard InChI is InChI=1S/C27H29N2/c1-17(2)23-9-10-26(28-15-23)22-8-7-21-14-27(29(6)16-24(21)13-22)25-12-18(3)11-19(4)20(25)5/h7-17H,1-6H3/q+1. The Morgan fingerprint density at radius 3 is 2.34 bits per heavy atom. The first kappa shape index (κ1) is 19.3. The zero-order valence-corrected chi connectivity index (χ0v) is 18.2. The van der Waals surface area contributed by atoms with E-state index in [-0.39, 0.29) is 0 Å². The highest BCUT2D eigenvalue weighted by atomic mass is 14.9. The van der Waals surface area contributed by atoms with E-state index in [1.165, 1.54) is 44.3 Å². The molecule has 29 heavy (non-hydrogen) atoms. The van der Waals surface area contributed by atoms with Crippen LogP contribution in [0.3, 0.4) is 0 Å². The summed E-state index contributed by atoms with van der Waals surface area (Å²) in [7, 11) is 2.13. The molecular weight excluding hydrogens is 352 g/mol. The summed E-state index contributed by atoms with van der Waals surface area (Å²) in [5.74, 6) is 0.499. The van der Waals surface area contributed by atoms with Gasteiger partial charge in [0.25, 0.3) is 0 Å². The third-order valence-corrected chi connectivity index (χ3v) is 5.93. The molecule has 0 N–H and O–H groups in total. The fourth-order valence-corrected chi connectivity index (χ4v) is 4.00. The van der Waals surface area contributed by atoms with Crippen LogP contribution in [0.5, 0.6) is 0 Å². The molecule has 0 aliphatic carbocycles. The molecule has 0 aliphatic heterocycles. The van der Waals surface area contributed by atoms with Gasteiger partial charge in [-0.1, -0.05) is 43.7 Å². The highest BCUT2D eigenvalue weighted by Gasteiger charge is 2.16. The van der Waals surface area contributed by atoms with E-state index in [0.29, 0.717) is 5.92 Å². The van der Waals surface area contributed by atoms with Gasteiger partial charge in [-0.25, -0.2) is 4.57 Å². The summed E-state index contributed by atoms with van der Waals surface area (Å²) in [6, 6.07) is 17.8. The highest BCUT2D eigenvalue weighted by Crippen LogP contribution is 2.29. The minimum Gasteiger partial charge on any atom is -0.256 e. The van der Waals surface area contributed by atoms with E-state index in [0.717, 1.165) is 11.3 Å². The maximum Gasteiger partial charge on any atom is 0.213 e. The van der Waals surface area contributed by atoms with Crippen LogP contribution in [0, 0.1) is 20.8 Å². The topological polar surface area (TPSA) is 16.8 Å². The van der Waals surface area contributed by atoms with Crippen molar-refractivity contribution in [3.8, 4) is 22.5 Å². The van der Waals surface area contributed by atoms with E-state index in [1.807, 2.05) is 6.20 Å². The Morgan fingerprint density at radius 1 is 0.862 bits per heavy atom. The first-order valence-electron chi connectivity index (χ1n) is 10.3. The van der Waals surface area contributed by atoms with Crippen LogP contribution < -0.4 is 4.57 Å². The van der Waals surface area contributed by atoms with Gasteiger partial charge in [0, 0.05) is 28.8 Å². The second-order valence-electron chi connectivity index (χ2n) is 8.50. The molecular formula is C27H29N2+. The molecule has 0 saturated carbocycles. The Bertz CT molecular complexity index is 1200. The van der Waals surface area contributed by atoms with E-state index in [9.17, 15) is 0 Å². The predicted octanol–water partition coefficient (Wildman–Crippen LogP) is 6.44. The number of hydrogen-bond donors (Lipinski definition) is 0. The summed E-state index contributed by atoms with van der Waals surface area (Å²) in [6.07, 6.45) is 4.23. The van der Waals surface area contributed by atoms with Gasteiger partial charge < -0.3 is 0 Å².